The molecule has 9 nitrogen and oxygen atoms in total. The van der Waals surface area contributed by atoms with Crippen LogP contribution in [0.4, 0.5) is 0 Å². The molecule has 0 rings (SSSR count). The number of carbonyl (C=O) groups excluding carboxylic acids is 2. The predicted octanol–water partition coefficient (Wildman–Crippen LogP) is 11.8. The summed E-state index contributed by atoms with van der Waals surface area (Å²) < 4.78 is 33.4. The lowest BCUT2D eigenvalue weighted by Crippen LogP contribution is -2.29. The molecule has 0 aliphatic heterocycles. The van der Waals surface area contributed by atoms with Crippen LogP contribution >= 0.6 is 7.82 Å². The van der Waals surface area contributed by atoms with Gasteiger partial charge in [-0.25, -0.2) is 4.57 Å². The van der Waals surface area contributed by atoms with E-state index in [1.165, 1.54) is 64.2 Å². The van der Waals surface area contributed by atoms with Gasteiger partial charge in [-0.15, -0.1) is 0 Å². The lowest BCUT2D eigenvalue weighted by atomic mass is 10.1. The van der Waals surface area contributed by atoms with Gasteiger partial charge in [0.15, 0.2) is 6.10 Å². The fourth-order valence-corrected chi connectivity index (χ4v) is 6.08. The number of nitrogens with zero attached hydrogens (tertiary/aromatic N) is 1. The number of likely N-dealkylation sites (N-methyl/N-ethyl adjacent to an activating group) is 1. The molecular weight excluding hydrogens is 689 g/mol. The van der Waals surface area contributed by atoms with Crippen LogP contribution < -0.4 is 0 Å². The van der Waals surface area contributed by atoms with Crippen LogP contribution in [-0.2, 0) is 32.7 Å². The second kappa shape index (κ2) is 38.3. The third-order valence-electron chi connectivity index (χ3n) is 8.61. The first-order chi connectivity index (χ1) is 25.7. The highest BCUT2D eigenvalue weighted by Crippen LogP contribution is 2.43. The van der Waals surface area contributed by atoms with Crippen LogP contribution in [0.2, 0.25) is 0 Å². The van der Waals surface area contributed by atoms with Crippen molar-refractivity contribution < 1.29 is 37.6 Å². The average molecular weight is 768 g/mol. The van der Waals surface area contributed by atoms with Crippen LogP contribution in [0.25, 0.3) is 0 Å². The molecule has 0 spiro atoms. The molecule has 2 unspecified atom stereocenters. The van der Waals surface area contributed by atoms with E-state index in [1.54, 1.807) is 0 Å². The number of unbranched alkanes of at least 4 members (excludes halogenated alkanes) is 16. The summed E-state index contributed by atoms with van der Waals surface area (Å²) in [4.78, 5) is 36.9. The molecule has 53 heavy (non-hydrogen) atoms. The lowest BCUT2D eigenvalue weighted by molar-refractivity contribution is -0.161. The van der Waals surface area contributed by atoms with E-state index in [9.17, 15) is 19.0 Å². The summed E-state index contributed by atoms with van der Waals surface area (Å²) in [6, 6.07) is 0. The van der Waals surface area contributed by atoms with Crippen LogP contribution in [0.15, 0.2) is 48.6 Å². The van der Waals surface area contributed by atoms with E-state index in [2.05, 4.69) is 62.5 Å². The van der Waals surface area contributed by atoms with Crippen LogP contribution in [0.1, 0.15) is 168 Å². The van der Waals surface area contributed by atoms with Gasteiger partial charge in [0.2, 0.25) is 0 Å². The average Bonchev–Trinajstić information content (AvgIpc) is 3.12. The van der Waals surface area contributed by atoms with E-state index >= 15 is 0 Å². The number of phosphoric acid groups is 1. The number of esters is 2. The maximum absolute atomic E-state index is 12.6. The van der Waals surface area contributed by atoms with Crippen LogP contribution in [0.5, 0.6) is 0 Å². The zero-order valence-electron chi connectivity index (χ0n) is 34.2. The molecular formula is C43H78NO8P. The SMILES string of the molecule is CCCCC/C=C\C/C=C\C/C=C\CCCCC(=O)OC(COC(=O)CCCCCCC/C=C\CCCCCCCC)COP(=O)(O)OCCN(C)C. The third-order valence-corrected chi connectivity index (χ3v) is 9.59. The fraction of sp³-hybridized carbons (Fsp3) is 0.767. The van der Waals surface area contributed by atoms with Crippen molar-refractivity contribution in [1.29, 1.82) is 0 Å². The molecule has 308 valence electrons. The maximum atomic E-state index is 12.6. The summed E-state index contributed by atoms with van der Waals surface area (Å²) in [5, 5.41) is 0. The molecule has 0 bridgehead atoms. The highest BCUT2D eigenvalue weighted by Gasteiger charge is 2.26. The van der Waals surface area contributed by atoms with Gasteiger partial charge in [0, 0.05) is 19.4 Å². The standard InChI is InChI=1S/C43H78NO8P/c1-5-7-9-11-13-15-17-19-21-23-25-27-29-31-33-35-42(45)49-39-41(40-51-53(47,48)50-38-37-44(3)4)52-43(46)36-34-32-30-28-26-24-22-20-18-16-14-12-10-8-6-2/h14,16,19-22,26,28,41H,5-13,15,17-18,23-25,27,29-40H2,1-4H3,(H,47,48)/b16-14-,21-19-,22-20-,28-26-. The third kappa shape index (κ3) is 39.5. The van der Waals surface area contributed by atoms with Gasteiger partial charge in [0.1, 0.15) is 6.61 Å². The largest absolute Gasteiger partial charge is 0.472 e. The number of allylic oxidation sites excluding steroid dienone is 8. The minimum Gasteiger partial charge on any atom is -0.462 e. The topological polar surface area (TPSA) is 112 Å². The predicted molar refractivity (Wildman–Crippen MR) is 220 cm³/mol. The van der Waals surface area contributed by atoms with Crippen molar-refractivity contribution in [3.8, 4) is 0 Å². The Hall–Kier alpha value is -2.03. The van der Waals surface area contributed by atoms with Crippen molar-refractivity contribution in [3.63, 3.8) is 0 Å². The monoisotopic (exact) mass is 768 g/mol. The summed E-state index contributed by atoms with van der Waals surface area (Å²) in [5.74, 6) is -0.860. The van der Waals surface area contributed by atoms with Crippen LogP contribution in [0.3, 0.4) is 0 Å². The van der Waals surface area contributed by atoms with E-state index in [-0.39, 0.29) is 26.1 Å². The number of phosphoric ester groups is 1. The molecule has 0 aliphatic rings. The Labute approximate surface area is 324 Å². The number of hydrogen-bond donors (Lipinski definition) is 1. The Morgan fingerprint density at radius 1 is 0.585 bits per heavy atom. The summed E-state index contributed by atoms with van der Waals surface area (Å²) in [5.41, 5.74) is 0. The molecule has 1 N–H and O–H groups in total. The summed E-state index contributed by atoms with van der Waals surface area (Å²) in [7, 11) is -0.737. The molecule has 10 heteroatoms. The van der Waals surface area contributed by atoms with E-state index in [4.69, 9.17) is 18.5 Å². The smallest absolute Gasteiger partial charge is 0.462 e. The first-order valence-corrected chi connectivity index (χ1v) is 22.4. The van der Waals surface area contributed by atoms with Crippen molar-refractivity contribution in [3.05, 3.63) is 48.6 Å². The van der Waals surface area contributed by atoms with Gasteiger partial charge in [-0.3, -0.25) is 18.6 Å². The van der Waals surface area contributed by atoms with Gasteiger partial charge in [-0.1, -0.05) is 127 Å². The number of rotatable bonds is 38. The van der Waals surface area contributed by atoms with E-state index < -0.39 is 32.5 Å². The molecule has 0 aromatic rings. The van der Waals surface area contributed by atoms with E-state index in [0.717, 1.165) is 70.6 Å². The molecule has 0 radical (unpaired) electrons. The minimum atomic E-state index is -4.37. The summed E-state index contributed by atoms with van der Waals surface area (Å²) in [6.07, 6.45) is 41.6. The first-order valence-electron chi connectivity index (χ1n) is 20.9. The molecule has 0 amide bonds. The zero-order chi connectivity index (χ0) is 39.1. The Kier molecular flexibility index (Phi) is 36.8. The molecule has 0 aromatic heterocycles. The molecule has 0 saturated carbocycles. The first kappa shape index (κ1) is 51.0. The van der Waals surface area contributed by atoms with Crippen molar-refractivity contribution >= 4 is 19.8 Å². The lowest BCUT2D eigenvalue weighted by Gasteiger charge is -2.20. The molecule has 0 saturated heterocycles. The number of ether oxygens (including phenoxy) is 2. The molecule has 0 aliphatic carbocycles. The van der Waals surface area contributed by atoms with Gasteiger partial charge in [-0.05, 0) is 91.1 Å². The van der Waals surface area contributed by atoms with Crippen molar-refractivity contribution in [2.45, 2.75) is 174 Å². The van der Waals surface area contributed by atoms with Gasteiger partial charge in [-0.2, -0.15) is 0 Å². The van der Waals surface area contributed by atoms with Crippen molar-refractivity contribution in [2.75, 3.05) is 40.5 Å². The normalized spacial score (nSPS) is 13.9. The van der Waals surface area contributed by atoms with Crippen molar-refractivity contribution in [1.82, 2.24) is 4.90 Å². The zero-order valence-corrected chi connectivity index (χ0v) is 35.1. The molecule has 0 heterocycles. The quantitative estimate of drug-likeness (QED) is 0.0284. The van der Waals surface area contributed by atoms with Gasteiger partial charge in [0.25, 0.3) is 0 Å². The Balaban J connectivity index is 4.40. The number of hydrogen-bond acceptors (Lipinski definition) is 8. The van der Waals surface area contributed by atoms with Gasteiger partial charge in [0.05, 0.1) is 13.2 Å². The van der Waals surface area contributed by atoms with Crippen LogP contribution in [0, 0.1) is 0 Å². The Morgan fingerprint density at radius 3 is 1.60 bits per heavy atom. The highest BCUT2D eigenvalue weighted by atomic mass is 31.2. The molecule has 2 atom stereocenters. The molecule has 0 aromatic carbocycles. The fourth-order valence-electron chi connectivity index (χ4n) is 5.33. The molecule has 0 fully saturated rings. The highest BCUT2D eigenvalue weighted by molar-refractivity contribution is 7.47. The second-order valence-electron chi connectivity index (χ2n) is 14.2. The van der Waals surface area contributed by atoms with Gasteiger partial charge < -0.3 is 19.3 Å². The van der Waals surface area contributed by atoms with E-state index in [1.807, 2.05) is 19.0 Å². The minimum absolute atomic E-state index is 0.00254. The number of carbonyl (C=O) groups is 2. The van der Waals surface area contributed by atoms with Gasteiger partial charge >= 0.3 is 19.8 Å². The second-order valence-corrected chi connectivity index (χ2v) is 15.6. The Bertz CT molecular complexity index is 1030. The van der Waals surface area contributed by atoms with E-state index in [0.29, 0.717) is 13.0 Å². The van der Waals surface area contributed by atoms with Crippen molar-refractivity contribution in [2.24, 2.45) is 0 Å². The Morgan fingerprint density at radius 2 is 1.02 bits per heavy atom. The van der Waals surface area contributed by atoms with Crippen LogP contribution in [-0.4, -0.2) is 68.3 Å². The maximum Gasteiger partial charge on any atom is 0.472 e. The summed E-state index contributed by atoms with van der Waals surface area (Å²) in [6.45, 7) is 4.22. The summed E-state index contributed by atoms with van der Waals surface area (Å²) >= 11 is 0.